The summed E-state index contributed by atoms with van der Waals surface area (Å²) in [6.07, 6.45) is 9.20. The summed E-state index contributed by atoms with van der Waals surface area (Å²) in [5, 5.41) is 1.31. The van der Waals surface area contributed by atoms with E-state index >= 15 is 0 Å². The molecule has 1 spiro atoms. The highest BCUT2D eigenvalue weighted by Gasteiger charge is 2.53. The van der Waals surface area contributed by atoms with Crippen LogP contribution >= 0.6 is 0 Å². The third kappa shape index (κ3) is 3.12. The minimum Gasteiger partial charge on any atom is -0.359 e. The highest BCUT2D eigenvalue weighted by Crippen LogP contribution is 2.56. The molecule has 2 fully saturated rings. The number of aromatic nitrogens is 1. The van der Waals surface area contributed by atoms with Crippen LogP contribution in [0, 0.1) is 0 Å². The van der Waals surface area contributed by atoms with Gasteiger partial charge >= 0.3 is 0 Å². The zero-order chi connectivity index (χ0) is 21.6. The number of nitrogens with zero attached hydrogens (tertiary/aromatic N) is 1. The number of aryl methyl sites for hydroxylation is 1. The maximum atomic E-state index is 7.34. The zero-order valence-corrected chi connectivity index (χ0v) is 18.8. The molecule has 0 bridgehead atoms. The van der Waals surface area contributed by atoms with Gasteiger partial charge in [-0.1, -0.05) is 78.9 Å². The molecule has 1 unspecified atom stereocenters. The Balaban J connectivity index is 1.38. The largest absolute Gasteiger partial charge is 0.359 e. The maximum absolute atomic E-state index is 7.34. The third-order valence-electron chi connectivity index (χ3n) is 8.06. The van der Waals surface area contributed by atoms with E-state index in [1.165, 1.54) is 40.4 Å². The molecule has 1 aliphatic heterocycles. The van der Waals surface area contributed by atoms with Crippen LogP contribution in [0.3, 0.4) is 0 Å². The molecule has 6 rings (SSSR count). The highest BCUT2D eigenvalue weighted by molar-refractivity contribution is 5.85. The van der Waals surface area contributed by atoms with Crippen LogP contribution in [0.25, 0.3) is 10.9 Å². The number of fused-ring (bicyclic) bond motifs is 1. The Bertz CT molecular complexity index is 1220. The number of hydrogen-bond donors (Lipinski definition) is 0. The lowest BCUT2D eigenvalue weighted by molar-refractivity contribution is -0.106. The van der Waals surface area contributed by atoms with Crippen molar-refractivity contribution in [2.24, 2.45) is 7.05 Å². The van der Waals surface area contributed by atoms with Crippen LogP contribution in [-0.4, -0.2) is 10.2 Å². The zero-order valence-electron chi connectivity index (χ0n) is 18.8. The Hall–Kier alpha value is -2.84. The van der Waals surface area contributed by atoms with Crippen molar-refractivity contribution in [3.05, 3.63) is 108 Å². The van der Waals surface area contributed by atoms with Crippen LogP contribution in [0.2, 0.25) is 0 Å². The maximum Gasteiger partial charge on any atom is 0.121 e. The summed E-state index contributed by atoms with van der Waals surface area (Å²) in [5.74, 6) is 0.662. The molecule has 162 valence electrons. The van der Waals surface area contributed by atoms with Gasteiger partial charge in [0.15, 0.2) is 0 Å². The fourth-order valence-electron chi connectivity index (χ4n) is 6.35. The molecule has 2 nitrogen and oxygen atoms in total. The fraction of sp³-hybridized carbons (Fsp3) is 0.333. The third-order valence-corrected chi connectivity index (χ3v) is 8.06. The molecular formula is C30H31NO. The lowest BCUT2D eigenvalue weighted by atomic mass is 9.74. The van der Waals surface area contributed by atoms with E-state index in [4.69, 9.17) is 4.74 Å². The van der Waals surface area contributed by atoms with Crippen molar-refractivity contribution in [3.8, 4) is 0 Å². The summed E-state index contributed by atoms with van der Waals surface area (Å²) in [7, 11) is 2.15. The molecule has 0 radical (unpaired) electrons. The Morgan fingerprint density at radius 1 is 0.750 bits per heavy atom. The van der Waals surface area contributed by atoms with Gasteiger partial charge in [0.25, 0.3) is 0 Å². The molecule has 0 amide bonds. The van der Waals surface area contributed by atoms with Gasteiger partial charge in [-0.25, -0.2) is 0 Å². The van der Waals surface area contributed by atoms with Crippen LogP contribution in [0.5, 0.6) is 0 Å². The quantitative estimate of drug-likeness (QED) is 0.338. The monoisotopic (exact) mass is 421 g/mol. The van der Waals surface area contributed by atoms with Gasteiger partial charge < -0.3 is 9.30 Å². The lowest BCUT2D eigenvalue weighted by Crippen LogP contribution is -2.37. The van der Waals surface area contributed by atoms with Crippen molar-refractivity contribution in [1.29, 1.82) is 0 Å². The van der Waals surface area contributed by atoms with E-state index in [2.05, 4.69) is 103 Å². The molecule has 3 aromatic carbocycles. The number of hydrogen-bond acceptors (Lipinski definition) is 1. The van der Waals surface area contributed by atoms with Gasteiger partial charge in [0.2, 0.25) is 0 Å². The first-order chi connectivity index (χ1) is 15.7. The van der Waals surface area contributed by atoms with Crippen molar-refractivity contribution >= 4 is 10.9 Å². The average molecular weight is 422 g/mol. The summed E-state index contributed by atoms with van der Waals surface area (Å²) >= 11 is 0. The molecule has 2 heteroatoms. The predicted octanol–water partition coefficient (Wildman–Crippen LogP) is 7.33. The second kappa shape index (κ2) is 7.64. The van der Waals surface area contributed by atoms with E-state index in [1.807, 2.05) is 0 Å². The van der Waals surface area contributed by atoms with E-state index < -0.39 is 0 Å². The summed E-state index contributed by atoms with van der Waals surface area (Å²) < 4.78 is 9.60. The van der Waals surface area contributed by atoms with Gasteiger partial charge in [0.05, 0.1) is 5.60 Å². The summed E-state index contributed by atoms with van der Waals surface area (Å²) in [6, 6.07) is 30.7. The molecule has 1 aliphatic carbocycles. The molecular weight excluding hydrogens is 390 g/mol. The Morgan fingerprint density at radius 2 is 1.41 bits per heavy atom. The van der Waals surface area contributed by atoms with Crippen LogP contribution in [0.15, 0.2) is 91.1 Å². The van der Waals surface area contributed by atoms with Gasteiger partial charge in [0, 0.05) is 29.7 Å². The minimum atomic E-state index is -0.373. The van der Waals surface area contributed by atoms with Crippen molar-refractivity contribution in [1.82, 2.24) is 4.57 Å². The van der Waals surface area contributed by atoms with Crippen LogP contribution in [0.4, 0.5) is 0 Å². The fourth-order valence-corrected chi connectivity index (χ4v) is 6.35. The van der Waals surface area contributed by atoms with Gasteiger partial charge in [-0.3, -0.25) is 0 Å². The first-order valence-corrected chi connectivity index (χ1v) is 12.0. The second-order valence-electron chi connectivity index (χ2n) is 9.83. The normalized spacial score (nSPS) is 27.8. The molecule has 2 aliphatic rings. The van der Waals surface area contributed by atoms with Crippen molar-refractivity contribution in [2.45, 2.75) is 55.6 Å². The minimum absolute atomic E-state index is 0.0158. The van der Waals surface area contributed by atoms with Gasteiger partial charge in [-0.05, 0) is 61.6 Å². The Morgan fingerprint density at radius 3 is 2.16 bits per heavy atom. The first-order valence-electron chi connectivity index (χ1n) is 12.0. The number of ether oxygens (including phenoxy) is 1. The SMILES string of the molecule is Cn1cc(C2(c3ccccc3)CCC3(CCC(c4ccccc4)CC3)O2)c2ccccc21. The van der Waals surface area contributed by atoms with E-state index in [0.29, 0.717) is 5.92 Å². The van der Waals surface area contributed by atoms with Crippen LogP contribution < -0.4 is 0 Å². The number of para-hydroxylation sites is 1. The van der Waals surface area contributed by atoms with Gasteiger partial charge in [-0.2, -0.15) is 0 Å². The molecule has 1 saturated carbocycles. The van der Waals surface area contributed by atoms with E-state index in [1.54, 1.807) is 0 Å². The van der Waals surface area contributed by atoms with Crippen molar-refractivity contribution in [3.63, 3.8) is 0 Å². The van der Waals surface area contributed by atoms with E-state index in [0.717, 1.165) is 25.7 Å². The number of benzene rings is 3. The summed E-state index contributed by atoms with van der Waals surface area (Å²) in [4.78, 5) is 0. The van der Waals surface area contributed by atoms with Crippen molar-refractivity contribution < 1.29 is 4.74 Å². The molecule has 2 heterocycles. The van der Waals surface area contributed by atoms with Crippen molar-refractivity contribution in [2.75, 3.05) is 0 Å². The molecule has 4 aromatic rings. The van der Waals surface area contributed by atoms with Gasteiger partial charge in [-0.15, -0.1) is 0 Å². The molecule has 32 heavy (non-hydrogen) atoms. The lowest BCUT2D eigenvalue weighted by Gasteiger charge is -2.40. The standard InChI is InChI=1S/C30H31NO/c1-31-22-27(26-14-8-9-15-28(26)31)30(25-12-6-3-7-13-25)21-20-29(32-30)18-16-24(17-19-29)23-10-4-2-5-11-23/h2-15,22,24H,16-21H2,1H3. The Kier molecular flexibility index (Phi) is 4.73. The molecule has 1 saturated heterocycles. The Labute approximate surface area is 190 Å². The topological polar surface area (TPSA) is 14.2 Å². The predicted molar refractivity (Wildman–Crippen MR) is 131 cm³/mol. The van der Waals surface area contributed by atoms with Crippen LogP contribution in [0.1, 0.15) is 61.1 Å². The number of rotatable bonds is 3. The first kappa shape index (κ1) is 19.8. The smallest absolute Gasteiger partial charge is 0.121 e. The average Bonchev–Trinajstić information content (AvgIpc) is 3.40. The molecule has 0 N–H and O–H groups in total. The van der Waals surface area contributed by atoms with E-state index in [-0.39, 0.29) is 11.2 Å². The van der Waals surface area contributed by atoms with Gasteiger partial charge in [0.1, 0.15) is 5.60 Å². The van der Waals surface area contributed by atoms with E-state index in [9.17, 15) is 0 Å². The summed E-state index contributed by atoms with van der Waals surface area (Å²) in [5.41, 5.74) is 4.99. The highest BCUT2D eigenvalue weighted by atomic mass is 16.5. The van der Waals surface area contributed by atoms with Crippen LogP contribution in [-0.2, 0) is 17.4 Å². The summed E-state index contributed by atoms with van der Waals surface area (Å²) in [6.45, 7) is 0. The molecule has 1 atom stereocenters. The second-order valence-corrected chi connectivity index (χ2v) is 9.83. The molecule has 1 aromatic heterocycles.